The van der Waals surface area contributed by atoms with Crippen LogP contribution < -0.4 is 14.8 Å². The van der Waals surface area contributed by atoms with E-state index in [-0.39, 0.29) is 11.8 Å². The largest absolute Gasteiger partial charge is 0.493 e. The third kappa shape index (κ3) is 5.20. The molecule has 1 atom stereocenters. The number of aromatic nitrogens is 3. The summed E-state index contributed by atoms with van der Waals surface area (Å²) in [5, 5.41) is 7.26. The van der Waals surface area contributed by atoms with E-state index in [2.05, 4.69) is 20.1 Å². The number of nitrogens with zero attached hydrogens (tertiary/aromatic N) is 3. The van der Waals surface area contributed by atoms with E-state index in [9.17, 15) is 9.00 Å². The van der Waals surface area contributed by atoms with E-state index in [1.54, 1.807) is 4.52 Å². The van der Waals surface area contributed by atoms with Crippen molar-refractivity contribution in [3.05, 3.63) is 72.8 Å². The second-order valence-corrected chi connectivity index (χ2v) is 9.07. The molecule has 168 valence electrons. The summed E-state index contributed by atoms with van der Waals surface area (Å²) in [5.74, 6) is 1.50. The number of amides is 1. The molecule has 1 saturated carbocycles. The predicted molar refractivity (Wildman–Crippen MR) is 128 cm³/mol. The summed E-state index contributed by atoms with van der Waals surface area (Å²) in [5.41, 5.74) is 3.17. The van der Waals surface area contributed by atoms with Crippen LogP contribution in [0.25, 0.3) is 16.9 Å². The van der Waals surface area contributed by atoms with Gasteiger partial charge in [0.05, 0.1) is 11.4 Å². The number of hydrogen-bond acceptors (Lipinski definition) is 5. The topological polar surface area (TPSA) is 97.6 Å². The third-order valence-corrected chi connectivity index (χ3v) is 6.24. The van der Waals surface area contributed by atoms with Gasteiger partial charge in [0.2, 0.25) is 11.9 Å². The summed E-state index contributed by atoms with van der Waals surface area (Å²) >= 11 is 0. The lowest BCUT2D eigenvalue weighted by Crippen LogP contribution is -2.14. The number of pyridine rings is 1. The Morgan fingerprint density at radius 2 is 1.82 bits per heavy atom. The minimum absolute atomic E-state index is 0.0231. The van der Waals surface area contributed by atoms with Crippen molar-refractivity contribution in [1.82, 2.24) is 14.6 Å². The number of ether oxygens (including phenoxy) is 1. The molecule has 8 nitrogen and oxygen atoms in total. The van der Waals surface area contributed by atoms with Gasteiger partial charge in [-0.15, -0.1) is 5.10 Å². The number of benzene rings is 2. The normalized spacial score (nSPS) is 14.1. The first-order valence-electron chi connectivity index (χ1n) is 10.8. The lowest BCUT2D eigenvalue weighted by Gasteiger charge is -2.09. The van der Waals surface area contributed by atoms with Gasteiger partial charge in [-0.3, -0.25) is 10.1 Å². The van der Waals surface area contributed by atoms with Crippen LogP contribution in [-0.2, 0) is 15.8 Å². The smallest absolute Gasteiger partial charge is 0.249 e. The van der Waals surface area contributed by atoms with Gasteiger partial charge in [0.25, 0.3) is 0 Å². The Kier molecular flexibility index (Phi) is 6.03. The van der Waals surface area contributed by atoms with Gasteiger partial charge < -0.3 is 9.46 Å². The number of carbonyl (C=O) groups excluding carboxylic acids is 1. The van der Waals surface area contributed by atoms with E-state index >= 15 is 0 Å². The Balaban J connectivity index is 1.23. The minimum Gasteiger partial charge on any atom is -0.493 e. The molecule has 1 unspecified atom stereocenters. The Labute approximate surface area is 193 Å². The molecular formula is C24H23N5O3S. The average molecular weight is 462 g/mol. The summed E-state index contributed by atoms with van der Waals surface area (Å²) in [7, 11) is -1.26. The molecule has 33 heavy (non-hydrogen) atoms. The molecule has 0 radical (unpaired) electrons. The molecule has 2 aromatic heterocycles. The van der Waals surface area contributed by atoms with E-state index in [1.165, 1.54) is 0 Å². The summed E-state index contributed by atoms with van der Waals surface area (Å²) in [6.45, 7) is 0.357. The summed E-state index contributed by atoms with van der Waals surface area (Å²) in [4.78, 5) is 16.4. The van der Waals surface area contributed by atoms with Crippen LogP contribution in [0.1, 0.15) is 12.8 Å². The third-order valence-electron chi connectivity index (χ3n) is 5.24. The average Bonchev–Trinajstić information content (AvgIpc) is 3.60. The van der Waals surface area contributed by atoms with Crippen molar-refractivity contribution in [3.63, 3.8) is 0 Å². The lowest BCUT2D eigenvalue weighted by atomic mass is 10.1. The second kappa shape index (κ2) is 9.41. The van der Waals surface area contributed by atoms with Gasteiger partial charge >= 0.3 is 0 Å². The standard InChI is InChI=1S/C24H23N5O3S/c30-23(18-9-10-18)26-24-25-22-8-4-7-21(29(22)27-24)17-11-13-19(14-12-17)28-33(31)16-15-32-20-5-2-1-3-6-20/h1-8,11-14,18,28H,9-10,15-16H2,(H,26,27,30). The molecule has 0 bridgehead atoms. The first-order chi connectivity index (χ1) is 16.2. The van der Waals surface area contributed by atoms with Gasteiger partial charge in [0.15, 0.2) is 5.65 Å². The molecule has 0 aliphatic heterocycles. The maximum absolute atomic E-state index is 12.3. The number of carbonyl (C=O) groups is 1. The van der Waals surface area contributed by atoms with Gasteiger partial charge in [0.1, 0.15) is 23.3 Å². The van der Waals surface area contributed by atoms with E-state index in [4.69, 9.17) is 4.74 Å². The molecule has 9 heteroatoms. The van der Waals surface area contributed by atoms with Crippen LogP contribution in [0.5, 0.6) is 5.75 Å². The number of hydrogen-bond donors (Lipinski definition) is 2. The summed E-state index contributed by atoms with van der Waals surface area (Å²) in [6, 6.07) is 22.8. The number of fused-ring (bicyclic) bond motifs is 1. The monoisotopic (exact) mass is 461 g/mol. The SMILES string of the molecule is O=C(Nc1nc2cccc(-c3ccc(NS(=O)CCOc4ccccc4)cc3)n2n1)C1CC1. The van der Waals surface area contributed by atoms with Gasteiger partial charge in [0, 0.05) is 17.2 Å². The Morgan fingerprint density at radius 3 is 2.58 bits per heavy atom. The molecule has 2 N–H and O–H groups in total. The van der Waals surface area contributed by atoms with Crippen molar-refractivity contribution in [2.45, 2.75) is 12.8 Å². The maximum atomic E-state index is 12.3. The molecule has 2 heterocycles. The highest BCUT2D eigenvalue weighted by Gasteiger charge is 2.30. The molecular weight excluding hydrogens is 438 g/mol. The first kappa shape index (κ1) is 21.1. The molecule has 5 rings (SSSR count). The molecule has 1 aliphatic carbocycles. The molecule has 1 amide bonds. The molecule has 4 aromatic rings. The van der Waals surface area contributed by atoms with Crippen LogP contribution in [0.15, 0.2) is 72.8 Å². The zero-order chi connectivity index (χ0) is 22.6. The fourth-order valence-electron chi connectivity index (χ4n) is 3.38. The lowest BCUT2D eigenvalue weighted by molar-refractivity contribution is -0.117. The zero-order valence-corrected chi connectivity index (χ0v) is 18.6. The summed E-state index contributed by atoms with van der Waals surface area (Å²) < 4.78 is 22.6. The Bertz CT molecular complexity index is 1290. The van der Waals surface area contributed by atoms with Crippen molar-refractivity contribution in [3.8, 4) is 17.0 Å². The van der Waals surface area contributed by atoms with E-state index in [0.29, 0.717) is 24.0 Å². The van der Waals surface area contributed by atoms with Crippen LogP contribution in [0.4, 0.5) is 11.6 Å². The zero-order valence-electron chi connectivity index (χ0n) is 17.8. The van der Waals surface area contributed by atoms with Crippen molar-refractivity contribution in [1.29, 1.82) is 0 Å². The highest BCUT2D eigenvalue weighted by Crippen LogP contribution is 2.30. The predicted octanol–water partition coefficient (Wildman–Crippen LogP) is 3.90. The van der Waals surface area contributed by atoms with E-state index in [1.807, 2.05) is 72.8 Å². The van der Waals surface area contributed by atoms with Crippen LogP contribution in [-0.4, -0.2) is 37.1 Å². The molecule has 1 aliphatic rings. The van der Waals surface area contributed by atoms with Crippen molar-refractivity contribution >= 4 is 34.2 Å². The Hall–Kier alpha value is -3.72. The van der Waals surface area contributed by atoms with Crippen molar-refractivity contribution < 1.29 is 13.7 Å². The maximum Gasteiger partial charge on any atom is 0.249 e. The molecule has 2 aromatic carbocycles. The number of anilines is 2. The van der Waals surface area contributed by atoms with E-state index < -0.39 is 11.0 Å². The number of rotatable bonds is 9. The first-order valence-corrected chi connectivity index (χ1v) is 12.1. The van der Waals surface area contributed by atoms with Crippen LogP contribution in [0.2, 0.25) is 0 Å². The van der Waals surface area contributed by atoms with Gasteiger partial charge in [-0.1, -0.05) is 36.4 Å². The van der Waals surface area contributed by atoms with Crippen LogP contribution in [0, 0.1) is 5.92 Å². The van der Waals surface area contributed by atoms with Gasteiger partial charge in [-0.05, 0) is 49.2 Å². The Morgan fingerprint density at radius 1 is 1.03 bits per heavy atom. The molecule has 0 spiro atoms. The molecule has 1 fully saturated rings. The quantitative estimate of drug-likeness (QED) is 0.394. The fraction of sp³-hybridized carbons (Fsp3) is 0.208. The highest BCUT2D eigenvalue weighted by atomic mass is 32.2. The number of nitrogens with one attached hydrogen (secondary N) is 2. The van der Waals surface area contributed by atoms with Gasteiger partial charge in [-0.2, -0.15) is 4.98 Å². The fourth-order valence-corrected chi connectivity index (χ4v) is 4.11. The number of para-hydroxylation sites is 1. The van der Waals surface area contributed by atoms with Crippen molar-refractivity contribution in [2.75, 3.05) is 22.4 Å². The highest BCUT2D eigenvalue weighted by molar-refractivity contribution is 7.86. The minimum atomic E-state index is -1.26. The van der Waals surface area contributed by atoms with Crippen LogP contribution >= 0.6 is 0 Å². The summed E-state index contributed by atoms with van der Waals surface area (Å²) in [6.07, 6.45) is 1.85. The second-order valence-electron chi connectivity index (χ2n) is 7.77. The van der Waals surface area contributed by atoms with Crippen molar-refractivity contribution in [2.24, 2.45) is 5.92 Å². The molecule has 0 saturated heterocycles. The van der Waals surface area contributed by atoms with Gasteiger partial charge in [-0.25, -0.2) is 8.72 Å². The van der Waals surface area contributed by atoms with E-state index in [0.717, 1.165) is 35.5 Å². The van der Waals surface area contributed by atoms with Crippen LogP contribution in [0.3, 0.4) is 0 Å².